The average Bonchev–Trinajstić information content (AvgIpc) is 2.14. The maximum absolute atomic E-state index is 12.9. The third-order valence-electron chi connectivity index (χ3n) is 2.75. The average molecular weight is 265 g/mol. The Labute approximate surface area is 105 Å². The Morgan fingerprint density at radius 2 is 1.59 bits per heavy atom. The normalized spacial score (nSPS) is 14.8. The minimum absolute atomic E-state index is 0.161. The van der Waals surface area contributed by atoms with Gasteiger partial charge in [0.25, 0.3) is 0 Å². The summed E-state index contributed by atoms with van der Waals surface area (Å²) in [6.45, 7) is 5.37. The van der Waals surface area contributed by atoms with Crippen LogP contribution < -0.4 is 0 Å². The van der Waals surface area contributed by atoms with Crippen LogP contribution >= 0.6 is 11.6 Å². The maximum Gasteiger partial charge on any atom is 0.416 e. The molecule has 0 aliphatic rings. The van der Waals surface area contributed by atoms with Gasteiger partial charge in [-0.15, -0.1) is 11.6 Å². The van der Waals surface area contributed by atoms with Crippen molar-refractivity contribution < 1.29 is 13.2 Å². The number of alkyl halides is 4. The molecule has 1 rings (SSSR count). The van der Waals surface area contributed by atoms with Crippen LogP contribution in [0.4, 0.5) is 13.2 Å². The van der Waals surface area contributed by atoms with Crippen molar-refractivity contribution in [1.29, 1.82) is 0 Å². The molecule has 0 aliphatic heterocycles. The number of rotatable bonds is 3. The molecule has 0 fully saturated rings. The molecule has 0 saturated carbocycles. The summed E-state index contributed by atoms with van der Waals surface area (Å²) in [4.78, 5) is 0. The molecule has 0 aliphatic carbocycles. The summed E-state index contributed by atoms with van der Waals surface area (Å²) in [5.41, 5.74) is -0.852. The van der Waals surface area contributed by atoms with E-state index in [1.54, 1.807) is 26.8 Å². The zero-order chi connectivity index (χ0) is 13.3. The van der Waals surface area contributed by atoms with Crippen LogP contribution in [0.3, 0.4) is 0 Å². The van der Waals surface area contributed by atoms with E-state index in [9.17, 15) is 13.2 Å². The predicted molar refractivity (Wildman–Crippen MR) is 64.4 cm³/mol. The highest BCUT2D eigenvalue weighted by atomic mass is 35.5. The van der Waals surface area contributed by atoms with Gasteiger partial charge in [0.15, 0.2) is 0 Å². The minimum atomic E-state index is -4.32. The van der Waals surface area contributed by atoms with Crippen molar-refractivity contribution in [3.63, 3.8) is 0 Å². The molecule has 0 nitrogen and oxygen atoms in total. The van der Waals surface area contributed by atoms with E-state index in [0.29, 0.717) is 12.0 Å². The van der Waals surface area contributed by atoms with Crippen LogP contribution in [-0.4, -0.2) is 5.38 Å². The Morgan fingerprint density at radius 1 is 1.12 bits per heavy atom. The lowest BCUT2D eigenvalue weighted by Crippen LogP contribution is -2.25. The van der Waals surface area contributed by atoms with E-state index >= 15 is 0 Å². The molecule has 0 amide bonds. The molecule has 4 heteroatoms. The molecule has 0 bridgehead atoms. The first-order chi connectivity index (χ1) is 7.64. The molecule has 0 aromatic heterocycles. The molecule has 0 radical (unpaired) electrons. The first kappa shape index (κ1) is 14.4. The molecule has 0 N–H and O–H groups in total. The van der Waals surface area contributed by atoms with E-state index < -0.39 is 17.2 Å². The Morgan fingerprint density at radius 3 is 2.00 bits per heavy atom. The van der Waals surface area contributed by atoms with Crippen LogP contribution in [0, 0.1) is 0 Å². The largest absolute Gasteiger partial charge is 0.416 e. The smallest absolute Gasteiger partial charge is 0.166 e. The SMILES string of the molecule is CC(Cl)CC(C)(C)c1ccccc1C(F)(F)F. The van der Waals surface area contributed by atoms with Crippen molar-refractivity contribution >= 4 is 11.6 Å². The third-order valence-corrected chi connectivity index (χ3v) is 2.91. The molecule has 1 atom stereocenters. The zero-order valence-corrected chi connectivity index (χ0v) is 10.9. The van der Waals surface area contributed by atoms with Crippen molar-refractivity contribution in [3.8, 4) is 0 Å². The molecule has 17 heavy (non-hydrogen) atoms. The fourth-order valence-electron chi connectivity index (χ4n) is 2.13. The van der Waals surface area contributed by atoms with Gasteiger partial charge in [-0.25, -0.2) is 0 Å². The van der Waals surface area contributed by atoms with Gasteiger partial charge in [-0.1, -0.05) is 32.0 Å². The summed E-state index contributed by atoms with van der Waals surface area (Å²) in [6, 6.07) is 5.69. The van der Waals surface area contributed by atoms with Gasteiger partial charge < -0.3 is 0 Å². The molecule has 1 aromatic carbocycles. The van der Waals surface area contributed by atoms with E-state index in [1.165, 1.54) is 12.1 Å². The van der Waals surface area contributed by atoms with Crippen LogP contribution in [0.2, 0.25) is 0 Å². The van der Waals surface area contributed by atoms with E-state index in [0.717, 1.165) is 6.07 Å². The molecular formula is C13H16ClF3. The molecule has 1 aromatic rings. The maximum atomic E-state index is 12.9. The highest BCUT2D eigenvalue weighted by molar-refractivity contribution is 6.20. The lowest BCUT2D eigenvalue weighted by Gasteiger charge is -2.29. The summed E-state index contributed by atoms with van der Waals surface area (Å²) in [7, 11) is 0. The highest BCUT2D eigenvalue weighted by Gasteiger charge is 2.37. The molecule has 0 spiro atoms. The standard InChI is InChI=1S/C13H16ClF3/c1-9(14)8-12(2,3)10-6-4-5-7-11(10)13(15,16)17/h4-7,9H,8H2,1-3H3. The predicted octanol–water partition coefficient (Wildman–Crippen LogP) is 5.00. The second-order valence-electron chi connectivity index (χ2n) is 4.91. The van der Waals surface area contributed by atoms with E-state index in [1.807, 2.05) is 0 Å². The van der Waals surface area contributed by atoms with Crippen molar-refractivity contribution in [1.82, 2.24) is 0 Å². The summed E-state index contributed by atoms with van der Waals surface area (Å²) in [5.74, 6) is 0. The number of halogens is 4. The van der Waals surface area contributed by atoms with Crippen molar-refractivity contribution in [2.75, 3.05) is 0 Å². The molecule has 96 valence electrons. The van der Waals surface area contributed by atoms with Gasteiger partial charge in [-0.2, -0.15) is 13.2 Å². The van der Waals surface area contributed by atoms with Crippen LogP contribution in [0.1, 0.15) is 38.3 Å². The van der Waals surface area contributed by atoms with Crippen LogP contribution in [0.25, 0.3) is 0 Å². The van der Waals surface area contributed by atoms with Crippen molar-refractivity contribution in [2.24, 2.45) is 0 Å². The van der Waals surface area contributed by atoms with Crippen LogP contribution in [0.5, 0.6) is 0 Å². The Hall–Kier alpha value is -0.700. The first-order valence-corrected chi connectivity index (χ1v) is 5.89. The van der Waals surface area contributed by atoms with E-state index in [-0.39, 0.29) is 5.38 Å². The molecular weight excluding hydrogens is 249 g/mol. The van der Waals surface area contributed by atoms with Gasteiger partial charge in [-0.05, 0) is 30.4 Å². The summed E-state index contributed by atoms with van der Waals surface area (Å²) in [6.07, 6.45) is -3.81. The van der Waals surface area contributed by atoms with Crippen LogP contribution in [0.15, 0.2) is 24.3 Å². The lowest BCUT2D eigenvalue weighted by molar-refractivity contribution is -0.138. The topological polar surface area (TPSA) is 0 Å². The summed E-state index contributed by atoms with van der Waals surface area (Å²) < 4.78 is 38.6. The monoisotopic (exact) mass is 264 g/mol. The molecule has 0 heterocycles. The Kier molecular flexibility index (Phi) is 4.13. The fraction of sp³-hybridized carbons (Fsp3) is 0.538. The number of benzene rings is 1. The fourth-order valence-corrected chi connectivity index (χ4v) is 2.52. The Balaban J connectivity index is 3.22. The summed E-state index contributed by atoms with van der Waals surface area (Å²) in [5, 5.41) is -0.161. The zero-order valence-electron chi connectivity index (χ0n) is 10.1. The number of hydrogen-bond acceptors (Lipinski definition) is 0. The molecule has 1 unspecified atom stereocenters. The third kappa shape index (κ3) is 3.63. The van der Waals surface area contributed by atoms with Gasteiger partial charge in [0.2, 0.25) is 0 Å². The van der Waals surface area contributed by atoms with Crippen molar-refractivity contribution in [2.45, 2.75) is 44.2 Å². The van der Waals surface area contributed by atoms with Gasteiger partial charge >= 0.3 is 6.18 Å². The quantitative estimate of drug-likeness (QED) is 0.674. The van der Waals surface area contributed by atoms with E-state index in [4.69, 9.17) is 11.6 Å². The van der Waals surface area contributed by atoms with Crippen LogP contribution in [-0.2, 0) is 11.6 Å². The van der Waals surface area contributed by atoms with Gasteiger partial charge in [0, 0.05) is 5.38 Å². The second kappa shape index (κ2) is 4.89. The first-order valence-electron chi connectivity index (χ1n) is 5.45. The van der Waals surface area contributed by atoms with Gasteiger partial charge in [0.05, 0.1) is 5.56 Å². The lowest BCUT2D eigenvalue weighted by atomic mass is 9.78. The molecule has 0 saturated heterocycles. The second-order valence-corrected chi connectivity index (χ2v) is 5.66. The van der Waals surface area contributed by atoms with Crippen molar-refractivity contribution in [3.05, 3.63) is 35.4 Å². The minimum Gasteiger partial charge on any atom is -0.166 e. The summed E-state index contributed by atoms with van der Waals surface area (Å²) >= 11 is 5.90. The Bertz CT molecular complexity index is 380. The van der Waals surface area contributed by atoms with Gasteiger partial charge in [-0.3, -0.25) is 0 Å². The highest BCUT2D eigenvalue weighted by Crippen LogP contribution is 2.39. The van der Waals surface area contributed by atoms with Gasteiger partial charge in [0.1, 0.15) is 0 Å². The number of hydrogen-bond donors (Lipinski definition) is 0. The van der Waals surface area contributed by atoms with E-state index in [2.05, 4.69) is 0 Å².